The summed E-state index contributed by atoms with van der Waals surface area (Å²) in [6.07, 6.45) is -1.97. The zero-order valence-corrected chi connectivity index (χ0v) is 9.12. The van der Waals surface area contributed by atoms with Crippen LogP contribution in [0.2, 0.25) is 0 Å². The van der Waals surface area contributed by atoms with E-state index in [4.69, 9.17) is 5.26 Å². The highest BCUT2D eigenvalue weighted by atomic mass is 19.4. The number of rotatable bonds is 6. The zero-order chi connectivity index (χ0) is 11.9. The van der Waals surface area contributed by atoms with Gasteiger partial charge < -0.3 is 0 Å². The van der Waals surface area contributed by atoms with Crippen LogP contribution in [0, 0.1) is 11.3 Å². The lowest BCUT2D eigenvalue weighted by molar-refractivity contribution is -0.128. The predicted octanol–water partition coefficient (Wildman–Crippen LogP) is 3.00. The van der Waals surface area contributed by atoms with Crippen molar-refractivity contribution >= 4 is 0 Å². The topological polar surface area (TPSA) is 35.8 Å². The lowest BCUT2D eigenvalue weighted by atomic mass is 9.90. The van der Waals surface area contributed by atoms with Gasteiger partial charge in [-0.15, -0.1) is 0 Å². The summed E-state index contributed by atoms with van der Waals surface area (Å²) in [5, 5.41) is 11.3. The minimum absolute atomic E-state index is 0.452. The molecule has 0 unspecified atom stereocenters. The summed E-state index contributed by atoms with van der Waals surface area (Å²) in [5.41, 5.74) is -1.01. The number of hydrogen-bond acceptors (Lipinski definition) is 2. The molecule has 0 heterocycles. The van der Waals surface area contributed by atoms with Crippen LogP contribution in [0.5, 0.6) is 0 Å². The molecule has 1 N–H and O–H groups in total. The highest BCUT2D eigenvalue weighted by Crippen LogP contribution is 2.21. The van der Waals surface area contributed by atoms with Crippen LogP contribution in [0.15, 0.2) is 0 Å². The van der Waals surface area contributed by atoms with Gasteiger partial charge in [0, 0.05) is 0 Å². The van der Waals surface area contributed by atoms with Crippen LogP contribution in [0.3, 0.4) is 0 Å². The summed E-state index contributed by atoms with van der Waals surface area (Å²) in [4.78, 5) is 0. The number of halogens is 3. The van der Waals surface area contributed by atoms with E-state index in [1.54, 1.807) is 0 Å². The minimum atomic E-state index is -4.26. The van der Waals surface area contributed by atoms with E-state index in [1.807, 2.05) is 19.9 Å². The van der Waals surface area contributed by atoms with Crippen molar-refractivity contribution in [2.75, 3.05) is 6.54 Å². The Bertz CT molecular complexity index is 212. The molecule has 0 atom stereocenters. The van der Waals surface area contributed by atoms with Crippen LogP contribution in [0.4, 0.5) is 13.2 Å². The molecule has 0 rings (SSSR count). The Labute approximate surface area is 88.5 Å². The van der Waals surface area contributed by atoms with Crippen LogP contribution < -0.4 is 5.32 Å². The first kappa shape index (κ1) is 14.2. The molecule has 0 spiro atoms. The highest BCUT2D eigenvalue weighted by molar-refractivity contribution is 5.06. The fourth-order valence-electron chi connectivity index (χ4n) is 1.58. The molecule has 0 amide bonds. The van der Waals surface area contributed by atoms with E-state index in [-0.39, 0.29) is 0 Å². The summed E-state index contributed by atoms with van der Waals surface area (Å²) < 4.78 is 36.1. The van der Waals surface area contributed by atoms with E-state index < -0.39 is 18.3 Å². The molecule has 0 aliphatic heterocycles. The highest BCUT2D eigenvalue weighted by Gasteiger charge is 2.34. The van der Waals surface area contributed by atoms with Crippen molar-refractivity contribution in [2.45, 2.75) is 51.2 Å². The maximum Gasteiger partial charge on any atom is 0.401 e. The van der Waals surface area contributed by atoms with Crippen molar-refractivity contribution in [3.63, 3.8) is 0 Å². The molecule has 0 radical (unpaired) electrons. The van der Waals surface area contributed by atoms with Gasteiger partial charge in [-0.2, -0.15) is 18.4 Å². The van der Waals surface area contributed by atoms with Gasteiger partial charge in [-0.25, -0.2) is 0 Å². The first-order valence-corrected chi connectivity index (χ1v) is 5.12. The first-order chi connectivity index (χ1) is 6.89. The van der Waals surface area contributed by atoms with Crippen molar-refractivity contribution in [2.24, 2.45) is 0 Å². The Hall–Kier alpha value is -0.760. The van der Waals surface area contributed by atoms with Gasteiger partial charge >= 0.3 is 6.18 Å². The van der Waals surface area contributed by atoms with Crippen molar-refractivity contribution < 1.29 is 13.2 Å². The molecule has 0 aliphatic carbocycles. The van der Waals surface area contributed by atoms with Crippen molar-refractivity contribution in [3.8, 4) is 6.07 Å². The van der Waals surface area contributed by atoms with Gasteiger partial charge in [-0.3, -0.25) is 5.32 Å². The third kappa shape index (κ3) is 5.63. The molecule has 0 fully saturated rings. The third-order valence-electron chi connectivity index (χ3n) is 2.19. The second kappa shape index (κ2) is 5.96. The maximum absolute atomic E-state index is 12.0. The molecule has 15 heavy (non-hydrogen) atoms. The van der Waals surface area contributed by atoms with Crippen LogP contribution in [-0.2, 0) is 0 Å². The van der Waals surface area contributed by atoms with Crippen LogP contribution in [0.25, 0.3) is 0 Å². The molecular weight excluding hydrogens is 205 g/mol. The molecule has 0 aromatic heterocycles. The van der Waals surface area contributed by atoms with Gasteiger partial charge in [0.1, 0.15) is 5.54 Å². The smallest absolute Gasteiger partial charge is 0.291 e. The van der Waals surface area contributed by atoms with Gasteiger partial charge in [0.2, 0.25) is 0 Å². The van der Waals surface area contributed by atoms with Gasteiger partial charge in [0.15, 0.2) is 0 Å². The summed E-state index contributed by atoms with van der Waals surface area (Å²) in [6.45, 7) is 2.62. The lowest BCUT2D eigenvalue weighted by Gasteiger charge is -2.27. The number of nitrogens with one attached hydrogen (secondary N) is 1. The predicted molar refractivity (Wildman–Crippen MR) is 52.2 cm³/mol. The average Bonchev–Trinajstić information content (AvgIpc) is 2.14. The van der Waals surface area contributed by atoms with E-state index in [1.165, 1.54) is 0 Å². The summed E-state index contributed by atoms with van der Waals surface area (Å²) in [7, 11) is 0. The van der Waals surface area contributed by atoms with Crippen molar-refractivity contribution in [1.82, 2.24) is 5.32 Å². The minimum Gasteiger partial charge on any atom is -0.291 e. The normalized spacial score (nSPS) is 12.5. The fraction of sp³-hybridized carbons (Fsp3) is 0.900. The van der Waals surface area contributed by atoms with Crippen molar-refractivity contribution in [1.29, 1.82) is 5.26 Å². The van der Waals surface area contributed by atoms with Crippen molar-refractivity contribution in [3.05, 3.63) is 0 Å². The third-order valence-corrected chi connectivity index (χ3v) is 2.19. The largest absolute Gasteiger partial charge is 0.401 e. The Kier molecular flexibility index (Phi) is 5.66. The number of nitriles is 1. The average molecular weight is 222 g/mol. The van der Waals surface area contributed by atoms with E-state index >= 15 is 0 Å². The SMILES string of the molecule is CCCC(C#N)(CCC)NCC(F)(F)F. The Morgan fingerprint density at radius 3 is 1.87 bits per heavy atom. The summed E-state index contributed by atoms with van der Waals surface area (Å²) in [6, 6.07) is 1.98. The van der Waals surface area contributed by atoms with E-state index in [0.717, 1.165) is 0 Å². The second-order valence-electron chi connectivity index (χ2n) is 3.66. The standard InChI is InChI=1S/C10H17F3N2/c1-3-5-9(7-14,6-4-2)15-8-10(11,12)13/h15H,3-6,8H2,1-2H3. The molecule has 88 valence electrons. The Morgan fingerprint density at radius 2 is 1.60 bits per heavy atom. The molecule has 0 aromatic rings. The van der Waals surface area contributed by atoms with Crippen LogP contribution in [-0.4, -0.2) is 18.3 Å². The molecule has 0 bridgehead atoms. The summed E-state index contributed by atoms with van der Waals surface area (Å²) >= 11 is 0. The zero-order valence-electron chi connectivity index (χ0n) is 9.12. The Balaban J connectivity index is 4.42. The van der Waals surface area contributed by atoms with Crippen LogP contribution in [0.1, 0.15) is 39.5 Å². The number of alkyl halides is 3. The monoisotopic (exact) mass is 222 g/mol. The van der Waals surface area contributed by atoms with Gasteiger partial charge in [-0.05, 0) is 12.8 Å². The van der Waals surface area contributed by atoms with Gasteiger partial charge in [0.05, 0.1) is 12.6 Å². The van der Waals surface area contributed by atoms with Crippen LogP contribution >= 0.6 is 0 Å². The quantitative estimate of drug-likeness (QED) is 0.749. The lowest BCUT2D eigenvalue weighted by Crippen LogP contribution is -2.47. The fourth-order valence-corrected chi connectivity index (χ4v) is 1.58. The number of hydrogen-bond donors (Lipinski definition) is 1. The number of nitrogens with zero attached hydrogens (tertiary/aromatic N) is 1. The summed E-state index contributed by atoms with van der Waals surface area (Å²) in [5.74, 6) is 0. The molecule has 0 saturated heterocycles. The second-order valence-corrected chi connectivity index (χ2v) is 3.66. The molecule has 0 aliphatic rings. The van der Waals surface area contributed by atoms with E-state index in [9.17, 15) is 13.2 Å². The maximum atomic E-state index is 12.0. The molecule has 0 saturated carbocycles. The van der Waals surface area contributed by atoms with Gasteiger partial charge in [0.25, 0.3) is 0 Å². The molecule has 2 nitrogen and oxygen atoms in total. The molecular formula is C10H17F3N2. The van der Waals surface area contributed by atoms with Gasteiger partial charge in [-0.1, -0.05) is 26.7 Å². The molecule has 5 heteroatoms. The van der Waals surface area contributed by atoms with E-state index in [0.29, 0.717) is 25.7 Å². The van der Waals surface area contributed by atoms with E-state index in [2.05, 4.69) is 5.32 Å². The first-order valence-electron chi connectivity index (χ1n) is 5.12. The molecule has 0 aromatic carbocycles. The Morgan fingerprint density at radius 1 is 1.13 bits per heavy atom.